The number of carbonyl (C=O) groups excluding carboxylic acids is 1. The third kappa shape index (κ3) is 3.70. The van der Waals surface area contributed by atoms with Gasteiger partial charge in [-0.25, -0.2) is 0 Å². The van der Waals surface area contributed by atoms with E-state index in [0.717, 1.165) is 9.13 Å². The standard InChI is InChI=1S/C17H12INO2/c1-21-15-8-6-12(7-9-15)17(20)14(11-19)10-13-4-2-3-5-16(13)18/h2-10H,1H3. The molecule has 2 aromatic rings. The zero-order valence-electron chi connectivity index (χ0n) is 11.3. The highest BCUT2D eigenvalue weighted by molar-refractivity contribution is 14.1. The lowest BCUT2D eigenvalue weighted by molar-refractivity contribution is 0.104. The molecule has 21 heavy (non-hydrogen) atoms. The lowest BCUT2D eigenvalue weighted by Gasteiger charge is -2.03. The molecule has 0 atom stereocenters. The third-order valence-electron chi connectivity index (χ3n) is 2.92. The number of methoxy groups -OCH3 is 1. The molecular weight excluding hydrogens is 377 g/mol. The highest BCUT2D eigenvalue weighted by atomic mass is 127. The predicted molar refractivity (Wildman–Crippen MR) is 90.1 cm³/mol. The van der Waals surface area contributed by atoms with Gasteiger partial charge in [0.2, 0.25) is 5.78 Å². The Hall–Kier alpha value is -2.13. The van der Waals surface area contributed by atoms with E-state index in [9.17, 15) is 10.1 Å². The molecule has 0 amide bonds. The summed E-state index contributed by atoms with van der Waals surface area (Å²) in [6.45, 7) is 0. The summed E-state index contributed by atoms with van der Waals surface area (Å²) in [4.78, 5) is 12.4. The van der Waals surface area contributed by atoms with Crippen molar-refractivity contribution < 1.29 is 9.53 Å². The molecular formula is C17H12INO2. The van der Waals surface area contributed by atoms with E-state index in [0.29, 0.717) is 11.3 Å². The van der Waals surface area contributed by atoms with Crippen LogP contribution in [0.4, 0.5) is 0 Å². The van der Waals surface area contributed by atoms with Crippen LogP contribution < -0.4 is 4.74 Å². The average molecular weight is 389 g/mol. The number of carbonyl (C=O) groups is 1. The molecule has 0 radical (unpaired) electrons. The van der Waals surface area contributed by atoms with Crippen molar-refractivity contribution in [2.75, 3.05) is 7.11 Å². The van der Waals surface area contributed by atoms with Crippen LogP contribution in [0.3, 0.4) is 0 Å². The fourth-order valence-corrected chi connectivity index (χ4v) is 2.34. The van der Waals surface area contributed by atoms with Crippen molar-refractivity contribution in [3.63, 3.8) is 0 Å². The summed E-state index contributed by atoms with van der Waals surface area (Å²) in [6.07, 6.45) is 1.62. The fourth-order valence-electron chi connectivity index (χ4n) is 1.79. The monoisotopic (exact) mass is 389 g/mol. The number of hydrogen-bond donors (Lipinski definition) is 0. The van der Waals surface area contributed by atoms with Gasteiger partial charge in [0.25, 0.3) is 0 Å². The Morgan fingerprint density at radius 2 is 1.86 bits per heavy atom. The first kappa shape index (κ1) is 15.3. The summed E-state index contributed by atoms with van der Waals surface area (Å²) in [7, 11) is 1.56. The van der Waals surface area contributed by atoms with Gasteiger partial charge in [0.1, 0.15) is 17.4 Å². The van der Waals surface area contributed by atoms with Gasteiger partial charge < -0.3 is 4.74 Å². The summed E-state index contributed by atoms with van der Waals surface area (Å²) in [5.41, 5.74) is 1.44. The largest absolute Gasteiger partial charge is 0.497 e. The molecule has 3 nitrogen and oxygen atoms in total. The molecule has 0 aliphatic rings. The van der Waals surface area contributed by atoms with Gasteiger partial charge in [0.15, 0.2) is 0 Å². The molecule has 0 unspecified atom stereocenters. The first-order chi connectivity index (χ1) is 10.2. The SMILES string of the molecule is COc1ccc(C(=O)C(C#N)=Cc2ccccc2I)cc1. The molecule has 0 saturated heterocycles. The number of rotatable bonds is 4. The zero-order chi connectivity index (χ0) is 15.2. The van der Waals surface area contributed by atoms with Gasteiger partial charge in [-0.15, -0.1) is 0 Å². The van der Waals surface area contributed by atoms with Gasteiger partial charge >= 0.3 is 0 Å². The second kappa shape index (κ2) is 7.04. The van der Waals surface area contributed by atoms with Crippen molar-refractivity contribution in [2.24, 2.45) is 0 Å². The molecule has 0 saturated carbocycles. The van der Waals surface area contributed by atoms with Crippen molar-refractivity contribution in [1.82, 2.24) is 0 Å². The minimum Gasteiger partial charge on any atom is -0.497 e. The molecule has 0 aliphatic heterocycles. The smallest absolute Gasteiger partial charge is 0.203 e. The Morgan fingerprint density at radius 1 is 1.19 bits per heavy atom. The van der Waals surface area contributed by atoms with Crippen molar-refractivity contribution in [3.8, 4) is 11.8 Å². The maximum atomic E-state index is 12.4. The van der Waals surface area contributed by atoms with E-state index < -0.39 is 0 Å². The molecule has 0 spiro atoms. The number of benzene rings is 2. The first-order valence-electron chi connectivity index (χ1n) is 6.21. The van der Waals surface area contributed by atoms with Gasteiger partial charge in [-0.1, -0.05) is 18.2 Å². The van der Waals surface area contributed by atoms with E-state index in [-0.39, 0.29) is 11.4 Å². The molecule has 0 fully saturated rings. The predicted octanol–water partition coefficient (Wildman–Crippen LogP) is 4.09. The van der Waals surface area contributed by atoms with Crippen LogP contribution in [0.1, 0.15) is 15.9 Å². The molecule has 4 heteroatoms. The number of ether oxygens (including phenoxy) is 1. The molecule has 0 N–H and O–H groups in total. The van der Waals surface area contributed by atoms with E-state index in [4.69, 9.17) is 4.74 Å². The second-order valence-electron chi connectivity index (χ2n) is 4.25. The van der Waals surface area contributed by atoms with Crippen molar-refractivity contribution in [2.45, 2.75) is 0 Å². The average Bonchev–Trinajstić information content (AvgIpc) is 2.53. The van der Waals surface area contributed by atoms with Crippen LogP contribution in [0.25, 0.3) is 6.08 Å². The molecule has 0 bridgehead atoms. The quantitative estimate of drug-likeness (QED) is 0.343. The topological polar surface area (TPSA) is 50.1 Å². The zero-order valence-corrected chi connectivity index (χ0v) is 13.5. The van der Waals surface area contributed by atoms with Gasteiger partial charge in [-0.2, -0.15) is 5.26 Å². The van der Waals surface area contributed by atoms with Crippen LogP contribution in [0.5, 0.6) is 5.75 Å². The minimum absolute atomic E-state index is 0.115. The minimum atomic E-state index is -0.292. The van der Waals surface area contributed by atoms with E-state index >= 15 is 0 Å². The summed E-state index contributed by atoms with van der Waals surface area (Å²) in [6, 6.07) is 16.3. The third-order valence-corrected chi connectivity index (χ3v) is 3.90. The van der Waals surface area contributed by atoms with Crippen molar-refractivity contribution in [3.05, 3.63) is 68.8 Å². The Morgan fingerprint density at radius 3 is 2.43 bits per heavy atom. The molecule has 0 aromatic heterocycles. The molecule has 2 rings (SSSR count). The number of hydrogen-bond acceptors (Lipinski definition) is 3. The second-order valence-corrected chi connectivity index (χ2v) is 5.41. The van der Waals surface area contributed by atoms with Crippen molar-refractivity contribution in [1.29, 1.82) is 5.26 Å². The normalized spacial score (nSPS) is 10.8. The summed E-state index contributed by atoms with van der Waals surface area (Å²) in [5.74, 6) is 0.381. The lowest BCUT2D eigenvalue weighted by Crippen LogP contribution is -2.02. The fraction of sp³-hybridized carbons (Fsp3) is 0.0588. The van der Waals surface area contributed by atoms with Gasteiger partial charge in [-0.3, -0.25) is 4.79 Å². The summed E-state index contributed by atoms with van der Waals surface area (Å²) in [5, 5.41) is 9.24. The first-order valence-corrected chi connectivity index (χ1v) is 7.28. The molecule has 104 valence electrons. The Bertz CT molecular complexity index is 727. The number of halogens is 1. The highest BCUT2D eigenvalue weighted by Crippen LogP contribution is 2.19. The van der Waals surface area contributed by atoms with E-state index in [1.165, 1.54) is 0 Å². The molecule has 0 aliphatic carbocycles. The van der Waals surface area contributed by atoms with Gasteiger partial charge in [0.05, 0.1) is 7.11 Å². The number of nitriles is 1. The molecule has 0 heterocycles. The maximum Gasteiger partial charge on any atom is 0.203 e. The Balaban J connectivity index is 2.35. The van der Waals surface area contributed by atoms with Gasteiger partial charge in [0, 0.05) is 9.13 Å². The number of nitrogens with zero attached hydrogens (tertiary/aromatic N) is 1. The number of Topliss-reactive ketones (excluding diaryl/α,β-unsaturated/α-hetero) is 1. The van der Waals surface area contributed by atoms with E-state index in [1.54, 1.807) is 37.5 Å². The Kier molecular flexibility index (Phi) is 5.12. The van der Waals surface area contributed by atoms with Crippen molar-refractivity contribution >= 4 is 34.5 Å². The van der Waals surface area contributed by atoms with Crippen LogP contribution >= 0.6 is 22.6 Å². The van der Waals surface area contributed by atoms with Crippen LogP contribution in [-0.4, -0.2) is 12.9 Å². The molecule has 2 aromatic carbocycles. The summed E-state index contributed by atoms with van der Waals surface area (Å²) >= 11 is 2.18. The van der Waals surface area contributed by atoms with E-state index in [2.05, 4.69) is 22.6 Å². The van der Waals surface area contributed by atoms with Gasteiger partial charge in [-0.05, 0) is 64.6 Å². The number of allylic oxidation sites excluding steroid dienone is 1. The number of ketones is 1. The van der Waals surface area contributed by atoms with Crippen LogP contribution in [-0.2, 0) is 0 Å². The summed E-state index contributed by atoms with van der Waals surface area (Å²) < 4.78 is 6.05. The lowest BCUT2D eigenvalue weighted by atomic mass is 10.0. The highest BCUT2D eigenvalue weighted by Gasteiger charge is 2.12. The van der Waals surface area contributed by atoms with Crippen LogP contribution in [0.15, 0.2) is 54.1 Å². The van der Waals surface area contributed by atoms with E-state index in [1.807, 2.05) is 30.3 Å². The van der Waals surface area contributed by atoms with Crippen LogP contribution in [0, 0.1) is 14.9 Å². The Labute approximate surface area is 137 Å². The maximum absolute atomic E-state index is 12.4. The van der Waals surface area contributed by atoms with Crippen LogP contribution in [0.2, 0.25) is 0 Å².